The minimum Gasteiger partial charge on any atom is -0.377 e. The third-order valence-electron chi connectivity index (χ3n) is 2.81. The van der Waals surface area contributed by atoms with Crippen LogP contribution in [0.2, 0.25) is 0 Å². The molecule has 0 aliphatic heterocycles. The van der Waals surface area contributed by atoms with Gasteiger partial charge in [-0.15, -0.1) is 0 Å². The predicted octanol–water partition coefficient (Wildman–Crippen LogP) is 2.68. The lowest BCUT2D eigenvalue weighted by Gasteiger charge is -2.17. The van der Waals surface area contributed by atoms with E-state index in [0.29, 0.717) is 6.42 Å². The maximum absolute atomic E-state index is 8.79. The number of rotatable bonds is 2. The van der Waals surface area contributed by atoms with Crippen molar-refractivity contribution in [3.8, 4) is 6.07 Å². The first-order valence-electron chi connectivity index (χ1n) is 5.57. The number of nitriles is 1. The summed E-state index contributed by atoms with van der Waals surface area (Å²) in [7, 11) is 4.01. The maximum Gasteiger partial charge on any atom is 0.0775 e. The zero-order valence-electron chi connectivity index (χ0n) is 10.4. The summed E-state index contributed by atoms with van der Waals surface area (Å²) in [5.74, 6) is 0. The highest BCUT2D eigenvalue weighted by atomic mass is 15.1. The third-order valence-corrected chi connectivity index (χ3v) is 2.81. The Morgan fingerprint density at radius 2 is 2.12 bits per heavy atom. The Kier molecular flexibility index (Phi) is 2.97. The Morgan fingerprint density at radius 3 is 2.76 bits per heavy atom. The molecule has 0 aliphatic rings. The summed E-state index contributed by atoms with van der Waals surface area (Å²) >= 11 is 0. The normalized spacial score (nSPS) is 10.2. The minimum absolute atomic E-state index is 0.352. The molecule has 0 saturated heterocycles. The van der Waals surface area contributed by atoms with Crippen LogP contribution in [0.15, 0.2) is 24.3 Å². The first-order chi connectivity index (χ1) is 8.13. The summed E-state index contributed by atoms with van der Waals surface area (Å²) in [6.45, 7) is 2.05. The highest BCUT2D eigenvalue weighted by Gasteiger charge is 2.08. The van der Waals surface area contributed by atoms with Gasteiger partial charge in [0.1, 0.15) is 0 Å². The first-order valence-corrected chi connectivity index (χ1v) is 5.57. The number of nitrogens with zero attached hydrogens (tertiary/aromatic N) is 3. The Labute approximate surface area is 101 Å². The molecule has 0 bridgehead atoms. The van der Waals surface area contributed by atoms with E-state index in [9.17, 15) is 0 Å². The number of aromatic nitrogens is 1. The zero-order valence-corrected chi connectivity index (χ0v) is 10.4. The fourth-order valence-electron chi connectivity index (χ4n) is 1.97. The van der Waals surface area contributed by atoms with Gasteiger partial charge in [0.15, 0.2) is 0 Å². The van der Waals surface area contributed by atoms with Crippen molar-refractivity contribution in [2.24, 2.45) is 0 Å². The Hall–Kier alpha value is -2.08. The number of anilines is 1. The fraction of sp³-hybridized carbons (Fsp3) is 0.286. The second-order valence-corrected chi connectivity index (χ2v) is 4.33. The molecule has 3 nitrogen and oxygen atoms in total. The summed E-state index contributed by atoms with van der Waals surface area (Å²) in [5, 5.41) is 9.92. The molecule has 2 rings (SSSR count). The van der Waals surface area contributed by atoms with E-state index >= 15 is 0 Å². The van der Waals surface area contributed by atoms with Crippen LogP contribution in [0.5, 0.6) is 0 Å². The number of benzene rings is 1. The van der Waals surface area contributed by atoms with Gasteiger partial charge >= 0.3 is 0 Å². The van der Waals surface area contributed by atoms with E-state index in [1.807, 2.05) is 39.2 Å². The number of hydrogen-bond acceptors (Lipinski definition) is 3. The number of fused-ring (bicyclic) bond motifs is 1. The molecule has 2 aromatic rings. The van der Waals surface area contributed by atoms with Gasteiger partial charge < -0.3 is 4.90 Å². The van der Waals surface area contributed by atoms with Crippen LogP contribution in [0.1, 0.15) is 11.3 Å². The van der Waals surface area contributed by atoms with E-state index in [4.69, 9.17) is 5.26 Å². The maximum atomic E-state index is 8.79. The van der Waals surface area contributed by atoms with Crippen molar-refractivity contribution in [2.75, 3.05) is 19.0 Å². The third kappa shape index (κ3) is 2.07. The molecule has 0 spiro atoms. The van der Waals surface area contributed by atoms with E-state index in [1.165, 1.54) is 0 Å². The molecular formula is C14H15N3. The van der Waals surface area contributed by atoms with E-state index in [-0.39, 0.29) is 0 Å². The second kappa shape index (κ2) is 4.42. The highest BCUT2D eigenvalue weighted by molar-refractivity contribution is 5.93. The standard InChI is InChI=1S/C14H15N3/c1-10-5-4-6-12-13(17(2)3)9-11(7-8-15)16-14(10)12/h4-6,9H,7H2,1-3H3. The van der Waals surface area contributed by atoms with Gasteiger partial charge in [0.25, 0.3) is 0 Å². The van der Waals surface area contributed by atoms with Crippen molar-refractivity contribution >= 4 is 16.6 Å². The lowest BCUT2D eigenvalue weighted by molar-refractivity contribution is 1.09. The molecule has 0 atom stereocenters. The zero-order chi connectivity index (χ0) is 12.4. The molecule has 1 aromatic heterocycles. The van der Waals surface area contributed by atoms with Gasteiger partial charge in [-0.05, 0) is 18.6 Å². The Balaban J connectivity index is 2.77. The van der Waals surface area contributed by atoms with Crippen molar-refractivity contribution in [3.63, 3.8) is 0 Å². The summed E-state index contributed by atoms with van der Waals surface area (Å²) in [6, 6.07) is 10.3. The number of aryl methyl sites for hydroxylation is 1. The average molecular weight is 225 g/mol. The molecule has 0 N–H and O–H groups in total. The minimum atomic E-state index is 0.352. The van der Waals surface area contributed by atoms with Gasteiger partial charge in [-0.2, -0.15) is 5.26 Å². The molecule has 86 valence electrons. The molecule has 1 aromatic carbocycles. The van der Waals surface area contributed by atoms with E-state index in [1.54, 1.807) is 0 Å². The molecule has 17 heavy (non-hydrogen) atoms. The summed E-state index contributed by atoms with van der Waals surface area (Å²) < 4.78 is 0. The van der Waals surface area contributed by atoms with Crippen molar-refractivity contribution in [3.05, 3.63) is 35.5 Å². The van der Waals surface area contributed by atoms with Gasteiger partial charge in [0.05, 0.1) is 23.7 Å². The lowest BCUT2D eigenvalue weighted by Crippen LogP contribution is -2.10. The van der Waals surface area contributed by atoms with Crippen LogP contribution in [0.4, 0.5) is 5.69 Å². The van der Waals surface area contributed by atoms with E-state index < -0.39 is 0 Å². The summed E-state index contributed by atoms with van der Waals surface area (Å²) in [5.41, 5.74) is 4.08. The van der Waals surface area contributed by atoms with Crippen molar-refractivity contribution in [1.82, 2.24) is 4.98 Å². The van der Waals surface area contributed by atoms with Crippen LogP contribution in [0, 0.1) is 18.3 Å². The molecule has 1 heterocycles. The molecule has 0 unspecified atom stereocenters. The smallest absolute Gasteiger partial charge is 0.0775 e. The monoisotopic (exact) mass is 225 g/mol. The molecule has 0 saturated carbocycles. The number of pyridine rings is 1. The van der Waals surface area contributed by atoms with Crippen LogP contribution in [0.3, 0.4) is 0 Å². The van der Waals surface area contributed by atoms with Gasteiger partial charge in [-0.25, -0.2) is 0 Å². The summed E-state index contributed by atoms with van der Waals surface area (Å²) in [4.78, 5) is 6.62. The van der Waals surface area contributed by atoms with Gasteiger partial charge in [0.2, 0.25) is 0 Å². The fourth-order valence-corrected chi connectivity index (χ4v) is 1.97. The van der Waals surface area contributed by atoms with Crippen LogP contribution < -0.4 is 4.90 Å². The van der Waals surface area contributed by atoms with Crippen LogP contribution in [-0.2, 0) is 6.42 Å². The van der Waals surface area contributed by atoms with E-state index in [0.717, 1.165) is 27.8 Å². The molecule has 0 radical (unpaired) electrons. The largest absolute Gasteiger partial charge is 0.377 e. The predicted molar refractivity (Wildman–Crippen MR) is 70.1 cm³/mol. The van der Waals surface area contributed by atoms with E-state index in [2.05, 4.69) is 22.0 Å². The highest BCUT2D eigenvalue weighted by Crippen LogP contribution is 2.27. The Bertz CT molecular complexity index is 594. The van der Waals surface area contributed by atoms with Crippen LogP contribution in [0.25, 0.3) is 10.9 Å². The second-order valence-electron chi connectivity index (χ2n) is 4.33. The topological polar surface area (TPSA) is 39.9 Å². The van der Waals surface area contributed by atoms with Crippen molar-refractivity contribution in [1.29, 1.82) is 5.26 Å². The van der Waals surface area contributed by atoms with Crippen molar-refractivity contribution in [2.45, 2.75) is 13.3 Å². The van der Waals surface area contributed by atoms with Crippen LogP contribution >= 0.6 is 0 Å². The van der Waals surface area contributed by atoms with Crippen molar-refractivity contribution < 1.29 is 0 Å². The summed E-state index contributed by atoms with van der Waals surface area (Å²) in [6.07, 6.45) is 0.352. The first kappa shape index (κ1) is 11.4. The van der Waals surface area contributed by atoms with Gasteiger partial charge in [0, 0.05) is 25.2 Å². The molecule has 0 amide bonds. The number of hydrogen-bond donors (Lipinski definition) is 0. The molecule has 0 fully saturated rings. The number of para-hydroxylation sites is 1. The SMILES string of the molecule is Cc1cccc2c(N(C)C)cc(CC#N)nc12. The molecule has 0 aliphatic carbocycles. The molecular weight excluding hydrogens is 210 g/mol. The average Bonchev–Trinajstić information content (AvgIpc) is 2.29. The van der Waals surface area contributed by atoms with Gasteiger partial charge in [-0.1, -0.05) is 18.2 Å². The quantitative estimate of drug-likeness (QED) is 0.788. The van der Waals surface area contributed by atoms with Crippen LogP contribution in [-0.4, -0.2) is 19.1 Å². The molecule has 3 heteroatoms. The lowest BCUT2D eigenvalue weighted by atomic mass is 10.1. The Morgan fingerprint density at radius 1 is 1.35 bits per heavy atom. The van der Waals surface area contributed by atoms with Gasteiger partial charge in [-0.3, -0.25) is 4.98 Å².